The van der Waals surface area contributed by atoms with Crippen LogP contribution in [-0.4, -0.2) is 24.5 Å². The molecule has 0 spiro atoms. The summed E-state index contributed by atoms with van der Waals surface area (Å²) in [4.78, 5) is 8.61. The lowest BCUT2D eigenvalue weighted by Crippen LogP contribution is -2.39. The molecule has 2 aromatic rings. The second-order valence-electron chi connectivity index (χ2n) is 5.71. The van der Waals surface area contributed by atoms with E-state index < -0.39 is 0 Å². The SMILES string of the molecule is CCC(CNC(=NC)NCc1nc(C)c(C)o1)c1ccc(Cl)cc1.I. The summed E-state index contributed by atoms with van der Waals surface area (Å²) in [5.41, 5.74) is 2.19. The van der Waals surface area contributed by atoms with E-state index in [1.54, 1.807) is 7.05 Å². The number of halogens is 2. The molecule has 0 aliphatic carbocycles. The maximum Gasteiger partial charge on any atom is 0.214 e. The van der Waals surface area contributed by atoms with Crippen molar-refractivity contribution in [3.63, 3.8) is 0 Å². The molecule has 0 radical (unpaired) electrons. The van der Waals surface area contributed by atoms with E-state index in [2.05, 4.69) is 39.7 Å². The number of aryl methyl sites for hydroxylation is 2. The van der Waals surface area contributed by atoms with Gasteiger partial charge in [-0.25, -0.2) is 4.98 Å². The number of benzene rings is 1. The van der Waals surface area contributed by atoms with Crippen LogP contribution in [0.5, 0.6) is 0 Å². The average molecular weight is 477 g/mol. The molecule has 0 fully saturated rings. The predicted molar refractivity (Wildman–Crippen MR) is 114 cm³/mol. The summed E-state index contributed by atoms with van der Waals surface area (Å²) in [5.74, 6) is 2.64. The summed E-state index contributed by atoms with van der Waals surface area (Å²) >= 11 is 5.96. The van der Waals surface area contributed by atoms with Gasteiger partial charge < -0.3 is 15.1 Å². The minimum atomic E-state index is 0. The van der Waals surface area contributed by atoms with Crippen LogP contribution in [0.1, 0.15) is 42.2 Å². The van der Waals surface area contributed by atoms with Gasteiger partial charge in [0.1, 0.15) is 5.76 Å². The third-order valence-electron chi connectivity index (χ3n) is 4.05. The number of aliphatic imine (C=N–C) groups is 1. The van der Waals surface area contributed by atoms with Crippen LogP contribution in [0.2, 0.25) is 5.02 Å². The van der Waals surface area contributed by atoms with Crippen LogP contribution in [0.4, 0.5) is 0 Å². The molecule has 25 heavy (non-hydrogen) atoms. The summed E-state index contributed by atoms with van der Waals surface area (Å²) in [6.07, 6.45) is 1.03. The number of guanidine groups is 1. The van der Waals surface area contributed by atoms with Gasteiger partial charge in [0.05, 0.1) is 12.2 Å². The summed E-state index contributed by atoms with van der Waals surface area (Å²) in [7, 11) is 1.75. The molecule has 2 N–H and O–H groups in total. The molecule has 0 amide bonds. The van der Waals surface area contributed by atoms with Crippen LogP contribution < -0.4 is 10.6 Å². The monoisotopic (exact) mass is 476 g/mol. The van der Waals surface area contributed by atoms with Crippen LogP contribution >= 0.6 is 35.6 Å². The van der Waals surface area contributed by atoms with Crippen LogP contribution in [0, 0.1) is 13.8 Å². The fraction of sp³-hybridized carbons (Fsp3) is 0.444. The van der Waals surface area contributed by atoms with E-state index >= 15 is 0 Å². The van der Waals surface area contributed by atoms with Crippen molar-refractivity contribution in [1.82, 2.24) is 15.6 Å². The normalized spacial score (nSPS) is 12.4. The molecule has 138 valence electrons. The first-order valence-corrected chi connectivity index (χ1v) is 8.54. The standard InChI is InChI=1S/C18H25ClN4O.HI/c1-5-14(15-6-8-16(19)9-7-15)10-21-18(20-4)22-11-17-23-12(2)13(3)24-17;/h6-9,14H,5,10-11H2,1-4H3,(H2,20,21,22);1H. The molecule has 1 atom stereocenters. The van der Waals surface area contributed by atoms with Crippen molar-refractivity contribution in [2.45, 2.75) is 39.7 Å². The molecule has 0 bridgehead atoms. The van der Waals surface area contributed by atoms with Crippen molar-refractivity contribution in [2.24, 2.45) is 4.99 Å². The number of hydrogen-bond donors (Lipinski definition) is 2. The Morgan fingerprint density at radius 3 is 2.44 bits per heavy atom. The lowest BCUT2D eigenvalue weighted by atomic mass is 9.96. The van der Waals surface area contributed by atoms with E-state index in [-0.39, 0.29) is 24.0 Å². The van der Waals surface area contributed by atoms with Gasteiger partial charge >= 0.3 is 0 Å². The van der Waals surface area contributed by atoms with Crippen LogP contribution in [0.3, 0.4) is 0 Å². The first-order chi connectivity index (χ1) is 11.5. The van der Waals surface area contributed by atoms with Crippen LogP contribution in [0.25, 0.3) is 0 Å². The Hall–Kier alpha value is -1.28. The van der Waals surface area contributed by atoms with Crippen molar-refractivity contribution in [1.29, 1.82) is 0 Å². The number of nitrogens with zero attached hydrogens (tertiary/aromatic N) is 2. The maximum absolute atomic E-state index is 5.96. The number of rotatable bonds is 6. The second kappa shape index (κ2) is 10.7. The number of oxazole rings is 1. The molecule has 1 unspecified atom stereocenters. The van der Waals surface area contributed by atoms with Crippen molar-refractivity contribution < 1.29 is 4.42 Å². The molecule has 0 aliphatic heterocycles. The lowest BCUT2D eigenvalue weighted by molar-refractivity contribution is 0.463. The Morgan fingerprint density at radius 1 is 1.24 bits per heavy atom. The third-order valence-corrected chi connectivity index (χ3v) is 4.31. The highest BCUT2D eigenvalue weighted by Gasteiger charge is 2.11. The predicted octanol–water partition coefficient (Wildman–Crippen LogP) is 4.42. The Balaban J connectivity index is 0.00000312. The van der Waals surface area contributed by atoms with Crippen molar-refractivity contribution in [3.8, 4) is 0 Å². The zero-order chi connectivity index (χ0) is 17.5. The first-order valence-electron chi connectivity index (χ1n) is 8.16. The molecule has 0 saturated heterocycles. The Morgan fingerprint density at radius 2 is 1.92 bits per heavy atom. The molecule has 1 aromatic carbocycles. The van der Waals surface area contributed by atoms with Crippen LogP contribution in [-0.2, 0) is 6.54 Å². The minimum absolute atomic E-state index is 0. The van der Waals surface area contributed by atoms with E-state index in [0.29, 0.717) is 18.4 Å². The summed E-state index contributed by atoms with van der Waals surface area (Å²) in [6, 6.07) is 8.01. The molecular formula is C18H26ClIN4O. The van der Waals surface area contributed by atoms with E-state index in [9.17, 15) is 0 Å². The Bertz CT molecular complexity index is 665. The third kappa shape index (κ3) is 6.51. The lowest BCUT2D eigenvalue weighted by Gasteiger charge is -2.18. The highest BCUT2D eigenvalue weighted by Crippen LogP contribution is 2.20. The highest BCUT2D eigenvalue weighted by atomic mass is 127. The van der Waals surface area contributed by atoms with E-state index in [4.69, 9.17) is 16.0 Å². The molecule has 7 heteroatoms. The van der Waals surface area contributed by atoms with Gasteiger partial charge in [-0.15, -0.1) is 24.0 Å². The summed E-state index contributed by atoms with van der Waals surface area (Å²) in [6.45, 7) is 7.33. The van der Waals surface area contributed by atoms with Crippen LogP contribution in [0.15, 0.2) is 33.7 Å². The molecule has 1 aromatic heterocycles. The Kier molecular flexibility index (Phi) is 9.27. The summed E-state index contributed by atoms with van der Waals surface area (Å²) in [5, 5.41) is 7.35. The van der Waals surface area contributed by atoms with E-state index in [0.717, 1.165) is 35.4 Å². The van der Waals surface area contributed by atoms with E-state index in [1.807, 2.05) is 26.0 Å². The van der Waals surface area contributed by atoms with Gasteiger partial charge in [-0.05, 0) is 38.0 Å². The number of hydrogen-bond acceptors (Lipinski definition) is 3. The largest absolute Gasteiger partial charge is 0.444 e. The van der Waals surface area contributed by atoms with Gasteiger partial charge in [-0.1, -0.05) is 30.7 Å². The second-order valence-corrected chi connectivity index (χ2v) is 6.15. The summed E-state index contributed by atoms with van der Waals surface area (Å²) < 4.78 is 5.57. The fourth-order valence-electron chi connectivity index (χ4n) is 2.45. The molecule has 5 nitrogen and oxygen atoms in total. The van der Waals surface area contributed by atoms with Gasteiger partial charge in [0.25, 0.3) is 0 Å². The average Bonchev–Trinajstić information content (AvgIpc) is 2.90. The number of nitrogens with one attached hydrogen (secondary N) is 2. The van der Waals surface area contributed by atoms with Crippen molar-refractivity contribution >= 4 is 41.5 Å². The van der Waals surface area contributed by atoms with Gasteiger partial charge in [0, 0.05) is 24.5 Å². The first kappa shape index (κ1) is 21.8. The maximum atomic E-state index is 5.96. The highest BCUT2D eigenvalue weighted by molar-refractivity contribution is 14.0. The van der Waals surface area contributed by atoms with Gasteiger partial charge in [-0.2, -0.15) is 0 Å². The zero-order valence-electron chi connectivity index (χ0n) is 15.1. The molecule has 0 saturated carbocycles. The fourth-order valence-corrected chi connectivity index (χ4v) is 2.57. The quantitative estimate of drug-likeness (QED) is 0.368. The smallest absolute Gasteiger partial charge is 0.214 e. The molecular weight excluding hydrogens is 451 g/mol. The van der Waals surface area contributed by atoms with E-state index in [1.165, 1.54) is 5.56 Å². The molecule has 0 aliphatic rings. The van der Waals surface area contributed by atoms with Gasteiger partial charge in [-0.3, -0.25) is 4.99 Å². The van der Waals surface area contributed by atoms with Crippen molar-refractivity contribution in [3.05, 3.63) is 52.2 Å². The van der Waals surface area contributed by atoms with Gasteiger partial charge in [0.2, 0.25) is 5.89 Å². The van der Waals surface area contributed by atoms with Gasteiger partial charge in [0.15, 0.2) is 5.96 Å². The molecule has 2 rings (SSSR count). The molecule has 1 heterocycles. The zero-order valence-corrected chi connectivity index (χ0v) is 18.2. The number of aromatic nitrogens is 1. The topological polar surface area (TPSA) is 62.5 Å². The van der Waals surface area contributed by atoms with Crippen molar-refractivity contribution in [2.75, 3.05) is 13.6 Å². The Labute approximate surface area is 171 Å². The minimum Gasteiger partial charge on any atom is -0.444 e.